The van der Waals surface area contributed by atoms with Crippen LogP contribution in [0, 0.1) is 5.92 Å². The largest absolute Gasteiger partial charge is 0.491 e. The van der Waals surface area contributed by atoms with Gasteiger partial charge in [-0.1, -0.05) is 26.0 Å². The third-order valence-corrected chi connectivity index (χ3v) is 8.54. The fourth-order valence-electron chi connectivity index (χ4n) is 4.68. The summed E-state index contributed by atoms with van der Waals surface area (Å²) in [7, 11) is -3.90. The van der Waals surface area contributed by atoms with E-state index in [1.54, 1.807) is 0 Å². The van der Waals surface area contributed by atoms with Crippen LogP contribution in [0.15, 0.2) is 35.5 Å². The number of fused-ring (bicyclic) bond motifs is 1. The molecule has 1 fully saturated rings. The molecule has 3 heterocycles. The third-order valence-electron chi connectivity index (χ3n) is 6.77. The molecule has 0 amide bonds. The molecule has 1 N–H and O–H groups in total. The summed E-state index contributed by atoms with van der Waals surface area (Å²) in [5.74, 6) is 0.818. The maximum absolute atomic E-state index is 13.8. The molecule has 0 saturated carbocycles. The van der Waals surface area contributed by atoms with Crippen molar-refractivity contribution >= 4 is 15.7 Å². The highest BCUT2D eigenvalue weighted by molar-refractivity contribution is 7.92. The van der Waals surface area contributed by atoms with Crippen molar-refractivity contribution < 1.29 is 23.0 Å². The van der Waals surface area contributed by atoms with Gasteiger partial charge in [-0.2, -0.15) is 8.42 Å². The van der Waals surface area contributed by atoms with E-state index in [-0.39, 0.29) is 17.7 Å². The van der Waals surface area contributed by atoms with Gasteiger partial charge in [-0.3, -0.25) is 4.31 Å². The van der Waals surface area contributed by atoms with Crippen molar-refractivity contribution in [3.05, 3.63) is 47.2 Å². The van der Waals surface area contributed by atoms with Gasteiger partial charge in [0.25, 0.3) is 10.0 Å². The van der Waals surface area contributed by atoms with Crippen molar-refractivity contribution in [3.8, 4) is 5.75 Å². The number of ether oxygens (including phenoxy) is 2. The summed E-state index contributed by atoms with van der Waals surface area (Å²) in [5, 5.41) is 9.87. The quantitative estimate of drug-likeness (QED) is 0.625. The highest BCUT2D eigenvalue weighted by Crippen LogP contribution is 2.37. The minimum atomic E-state index is -3.90. The summed E-state index contributed by atoms with van der Waals surface area (Å²) >= 11 is 0. The first-order chi connectivity index (χ1) is 16.0. The van der Waals surface area contributed by atoms with E-state index in [4.69, 9.17) is 9.47 Å². The SMILES string of the molecule is CCc1ccc2c(c1)CCC(CC)N2S(=O)(=O)c1cc(CO)c(OCC2CCOCC2)cn1. The molecule has 7 nitrogen and oxygen atoms in total. The molecule has 2 aliphatic heterocycles. The molecule has 180 valence electrons. The van der Waals surface area contributed by atoms with Crippen LogP contribution >= 0.6 is 0 Å². The molecule has 8 heteroatoms. The van der Waals surface area contributed by atoms with Gasteiger partial charge >= 0.3 is 0 Å². The molecular formula is C25H34N2O5S. The van der Waals surface area contributed by atoms with Gasteiger partial charge in [0.1, 0.15) is 5.75 Å². The Balaban J connectivity index is 1.63. The summed E-state index contributed by atoms with van der Waals surface area (Å²) in [6.45, 7) is 5.75. The second-order valence-corrected chi connectivity index (χ2v) is 10.6. The average Bonchev–Trinajstić information content (AvgIpc) is 2.86. The summed E-state index contributed by atoms with van der Waals surface area (Å²) < 4.78 is 40.4. The molecule has 33 heavy (non-hydrogen) atoms. The van der Waals surface area contributed by atoms with Crippen molar-refractivity contribution in [3.63, 3.8) is 0 Å². The molecule has 0 spiro atoms. The maximum atomic E-state index is 13.8. The van der Waals surface area contributed by atoms with Gasteiger partial charge in [0.2, 0.25) is 0 Å². The van der Waals surface area contributed by atoms with E-state index in [1.165, 1.54) is 22.1 Å². The van der Waals surface area contributed by atoms with E-state index in [0.29, 0.717) is 30.3 Å². The van der Waals surface area contributed by atoms with Crippen LogP contribution in [0.4, 0.5) is 5.69 Å². The maximum Gasteiger partial charge on any atom is 0.282 e. The molecule has 2 aromatic rings. The summed E-state index contributed by atoms with van der Waals surface area (Å²) in [5.41, 5.74) is 3.42. The van der Waals surface area contributed by atoms with E-state index in [0.717, 1.165) is 56.6 Å². The topological polar surface area (TPSA) is 89.0 Å². The number of rotatable bonds is 8. The fourth-order valence-corrected chi connectivity index (χ4v) is 6.45. The number of aromatic nitrogens is 1. The molecule has 1 atom stereocenters. The van der Waals surface area contributed by atoms with Gasteiger partial charge < -0.3 is 14.6 Å². The van der Waals surface area contributed by atoms with Crippen LogP contribution in [0.3, 0.4) is 0 Å². The number of nitrogens with zero attached hydrogens (tertiary/aromatic N) is 2. The standard InChI is InChI=1S/C25H34N2O5S/c1-3-18-5-8-23-20(13-18)6-7-22(4-2)27(23)33(29,30)25-14-21(16-28)24(15-26-25)32-17-19-9-11-31-12-10-19/h5,8,13-15,19,22,28H,3-4,6-7,9-12,16-17H2,1-2H3. The van der Waals surface area contributed by atoms with Crippen LogP contribution in [0.1, 0.15) is 56.2 Å². The van der Waals surface area contributed by atoms with E-state index in [1.807, 2.05) is 19.1 Å². The number of hydrogen-bond acceptors (Lipinski definition) is 6. The van der Waals surface area contributed by atoms with E-state index in [2.05, 4.69) is 18.0 Å². The van der Waals surface area contributed by atoms with Crippen molar-refractivity contribution in [2.75, 3.05) is 24.1 Å². The third kappa shape index (κ3) is 5.03. The molecule has 4 rings (SSSR count). The lowest BCUT2D eigenvalue weighted by atomic mass is 9.94. The number of hydrogen-bond donors (Lipinski definition) is 1. The minimum Gasteiger partial charge on any atom is -0.491 e. The Hall–Kier alpha value is -2.16. The first-order valence-corrected chi connectivity index (χ1v) is 13.4. The molecule has 0 radical (unpaired) electrons. The Kier molecular flexibility index (Phi) is 7.56. The van der Waals surface area contributed by atoms with Crippen LogP contribution in [-0.2, 0) is 34.2 Å². The van der Waals surface area contributed by atoms with Crippen LogP contribution in [0.5, 0.6) is 5.75 Å². The lowest BCUT2D eigenvalue weighted by Gasteiger charge is -2.37. The second kappa shape index (κ2) is 10.4. The number of aryl methyl sites for hydroxylation is 2. The Morgan fingerprint density at radius 2 is 1.97 bits per heavy atom. The average molecular weight is 475 g/mol. The zero-order chi connectivity index (χ0) is 23.4. The Morgan fingerprint density at radius 1 is 1.18 bits per heavy atom. The highest BCUT2D eigenvalue weighted by atomic mass is 32.2. The predicted octanol–water partition coefficient (Wildman–Crippen LogP) is 3.86. The summed E-state index contributed by atoms with van der Waals surface area (Å²) in [4.78, 5) is 4.28. The van der Waals surface area contributed by atoms with Crippen LogP contribution < -0.4 is 9.04 Å². The number of aliphatic hydroxyl groups is 1. The van der Waals surface area contributed by atoms with Crippen molar-refractivity contribution in [1.82, 2.24) is 4.98 Å². The Bertz CT molecular complexity index is 1070. The molecule has 2 aliphatic rings. The van der Waals surface area contributed by atoms with Gasteiger partial charge in [-0.05, 0) is 67.7 Å². The van der Waals surface area contributed by atoms with Crippen molar-refractivity contribution in [2.24, 2.45) is 5.92 Å². The summed E-state index contributed by atoms with van der Waals surface area (Å²) in [6.07, 6.45) is 6.56. The van der Waals surface area contributed by atoms with Crippen molar-refractivity contribution in [2.45, 2.75) is 70.0 Å². The second-order valence-electron chi connectivity index (χ2n) is 8.87. The Labute approximate surface area is 196 Å². The smallest absolute Gasteiger partial charge is 0.282 e. The lowest BCUT2D eigenvalue weighted by molar-refractivity contribution is 0.0493. The molecular weight excluding hydrogens is 440 g/mol. The molecule has 1 unspecified atom stereocenters. The van der Waals surface area contributed by atoms with Gasteiger partial charge in [0, 0.05) is 24.8 Å². The molecule has 0 aliphatic carbocycles. The number of benzene rings is 1. The normalized spacial score (nSPS) is 19.4. The van der Waals surface area contributed by atoms with E-state index < -0.39 is 10.0 Å². The van der Waals surface area contributed by atoms with Gasteiger partial charge in [0.05, 0.1) is 25.1 Å². The number of anilines is 1. The molecule has 0 bridgehead atoms. The lowest BCUT2D eigenvalue weighted by Crippen LogP contribution is -2.43. The summed E-state index contributed by atoms with van der Waals surface area (Å²) in [6, 6.07) is 7.36. The zero-order valence-corrected chi connectivity index (χ0v) is 20.3. The Morgan fingerprint density at radius 3 is 2.67 bits per heavy atom. The highest BCUT2D eigenvalue weighted by Gasteiger charge is 2.36. The zero-order valence-electron chi connectivity index (χ0n) is 19.5. The number of sulfonamides is 1. The van der Waals surface area contributed by atoms with Crippen molar-refractivity contribution in [1.29, 1.82) is 0 Å². The van der Waals surface area contributed by atoms with Crippen LogP contribution in [0.2, 0.25) is 0 Å². The fraction of sp³-hybridized carbons (Fsp3) is 0.560. The van der Waals surface area contributed by atoms with Crippen LogP contribution in [-0.4, -0.2) is 44.4 Å². The van der Waals surface area contributed by atoms with Gasteiger partial charge in [0.15, 0.2) is 5.03 Å². The van der Waals surface area contributed by atoms with Gasteiger partial charge in [-0.25, -0.2) is 4.98 Å². The number of pyridine rings is 1. The first kappa shape index (κ1) is 24.0. The minimum absolute atomic E-state index is 0.0594. The first-order valence-electron chi connectivity index (χ1n) is 11.9. The van der Waals surface area contributed by atoms with Gasteiger partial charge in [-0.15, -0.1) is 0 Å². The predicted molar refractivity (Wildman–Crippen MR) is 127 cm³/mol. The van der Waals surface area contributed by atoms with Crippen LogP contribution in [0.25, 0.3) is 0 Å². The van der Waals surface area contributed by atoms with E-state index >= 15 is 0 Å². The molecule has 1 saturated heterocycles. The molecule has 1 aromatic heterocycles. The van der Waals surface area contributed by atoms with E-state index in [9.17, 15) is 13.5 Å². The molecule has 1 aromatic carbocycles. The monoisotopic (exact) mass is 474 g/mol. The number of aliphatic hydroxyl groups excluding tert-OH is 1.